The molecule has 0 saturated heterocycles. The van der Waals surface area contributed by atoms with Crippen LogP contribution in [0.1, 0.15) is 5.56 Å². The lowest BCUT2D eigenvalue weighted by Crippen LogP contribution is -2.20. The topological polar surface area (TPSA) is 34.9 Å². The lowest BCUT2D eigenvalue weighted by atomic mass is 10.0. The molecule has 0 aliphatic carbocycles. The third kappa shape index (κ3) is 1.97. The van der Waals surface area contributed by atoms with Gasteiger partial charge in [-0.05, 0) is 18.6 Å². The number of fused-ring (bicyclic) bond motifs is 1. The molecule has 2 aromatic heterocycles. The summed E-state index contributed by atoms with van der Waals surface area (Å²) >= 11 is 7.48. The molecule has 0 atom stereocenters. The van der Waals surface area contributed by atoms with E-state index in [1.165, 1.54) is 15.9 Å². The third-order valence-corrected chi connectivity index (χ3v) is 4.48. The molecule has 0 saturated carbocycles. The van der Waals surface area contributed by atoms with Crippen molar-refractivity contribution in [1.82, 2.24) is 9.55 Å². The van der Waals surface area contributed by atoms with Crippen molar-refractivity contribution in [2.24, 2.45) is 7.05 Å². The normalized spacial score (nSPS) is 11.1. The Balaban J connectivity index is 2.45. The molecule has 0 aliphatic rings. The summed E-state index contributed by atoms with van der Waals surface area (Å²) in [5.41, 5.74) is 2.51. The van der Waals surface area contributed by atoms with Gasteiger partial charge < -0.3 is 0 Å². The number of nitrogens with zero attached hydrogens (tertiary/aromatic N) is 2. The average Bonchev–Trinajstić information content (AvgIpc) is 2.77. The minimum atomic E-state index is -0.260. The molecule has 0 N–H and O–H groups in total. The van der Waals surface area contributed by atoms with Crippen LogP contribution >= 0.6 is 22.9 Å². The first kappa shape index (κ1) is 12.4. The second-order valence-corrected chi connectivity index (χ2v) is 6.05. The maximum atomic E-state index is 12.0. The Labute approximate surface area is 119 Å². The molecule has 5 heteroatoms. The number of halogens is 1. The summed E-state index contributed by atoms with van der Waals surface area (Å²) in [5, 5.41) is 0.923. The zero-order valence-electron chi connectivity index (χ0n) is 10.5. The first-order valence-corrected chi connectivity index (χ1v) is 6.99. The van der Waals surface area contributed by atoms with Gasteiger partial charge in [-0.3, -0.25) is 4.57 Å². The summed E-state index contributed by atoms with van der Waals surface area (Å²) in [7, 11) is 1.71. The van der Waals surface area contributed by atoms with Crippen LogP contribution in [-0.4, -0.2) is 9.55 Å². The van der Waals surface area contributed by atoms with Gasteiger partial charge in [-0.1, -0.05) is 35.9 Å². The summed E-state index contributed by atoms with van der Waals surface area (Å²) < 4.78 is 2.20. The summed E-state index contributed by atoms with van der Waals surface area (Å²) in [6, 6.07) is 9.77. The first-order valence-electron chi connectivity index (χ1n) is 5.80. The lowest BCUT2D eigenvalue weighted by Gasteiger charge is -2.07. The number of rotatable bonds is 1. The molecular formula is C14H11ClN2OS. The van der Waals surface area contributed by atoms with Gasteiger partial charge in [0.25, 0.3) is 0 Å². The van der Waals surface area contributed by atoms with E-state index in [0.29, 0.717) is 10.0 Å². The molecule has 1 aromatic carbocycles. The fourth-order valence-corrected chi connectivity index (χ4v) is 3.30. The number of hydrogen-bond donors (Lipinski definition) is 0. The van der Waals surface area contributed by atoms with E-state index in [4.69, 9.17) is 11.6 Å². The van der Waals surface area contributed by atoms with Crippen molar-refractivity contribution < 1.29 is 0 Å². The van der Waals surface area contributed by atoms with Crippen LogP contribution in [0.5, 0.6) is 0 Å². The highest BCUT2D eigenvalue weighted by Crippen LogP contribution is 2.34. The quantitative estimate of drug-likeness (QED) is 0.686. The Kier molecular flexibility index (Phi) is 2.92. The Morgan fingerprint density at radius 2 is 2.05 bits per heavy atom. The molecule has 3 aromatic rings. The highest BCUT2D eigenvalue weighted by atomic mass is 35.5. The summed E-state index contributed by atoms with van der Waals surface area (Å²) in [6.45, 7) is 2.01. The fourth-order valence-electron chi connectivity index (χ4n) is 2.13. The SMILES string of the molecule is Cc1ccccc1-c1nc(=O)n(C)c2sc(Cl)cc12. The van der Waals surface area contributed by atoms with E-state index in [1.807, 2.05) is 37.3 Å². The molecular weight excluding hydrogens is 280 g/mol. The zero-order valence-corrected chi connectivity index (χ0v) is 12.0. The van der Waals surface area contributed by atoms with Crippen LogP contribution in [0.3, 0.4) is 0 Å². The smallest absolute Gasteiger partial charge is 0.286 e. The number of thiophene rings is 1. The zero-order chi connectivity index (χ0) is 13.6. The molecule has 0 radical (unpaired) electrons. The standard InChI is InChI=1S/C14H11ClN2OS/c1-8-5-3-4-6-9(8)12-10-7-11(15)19-13(10)17(2)14(18)16-12/h3-7H,1-2H3. The van der Waals surface area contributed by atoms with Crippen LogP contribution in [0.25, 0.3) is 21.5 Å². The van der Waals surface area contributed by atoms with Crippen molar-refractivity contribution in [3.63, 3.8) is 0 Å². The Bertz CT molecular complexity index is 835. The van der Waals surface area contributed by atoms with Crippen LogP contribution in [0, 0.1) is 6.92 Å². The van der Waals surface area contributed by atoms with E-state index in [0.717, 1.165) is 21.3 Å². The summed E-state index contributed by atoms with van der Waals surface area (Å²) in [6.07, 6.45) is 0. The number of aryl methyl sites for hydroxylation is 2. The average molecular weight is 291 g/mol. The molecule has 0 bridgehead atoms. The van der Waals surface area contributed by atoms with E-state index in [-0.39, 0.29) is 5.69 Å². The summed E-state index contributed by atoms with van der Waals surface area (Å²) in [5.74, 6) is 0. The maximum absolute atomic E-state index is 12.0. The predicted molar refractivity (Wildman–Crippen MR) is 80.0 cm³/mol. The van der Waals surface area contributed by atoms with Crippen molar-refractivity contribution in [3.05, 3.63) is 50.7 Å². The predicted octanol–water partition coefficient (Wildman–Crippen LogP) is 3.62. The van der Waals surface area contributed by atoms with E-state index >= 15 is 0 Å². The molecule has 3 nitrogen and oxygen atoms in total. The van der Waals surface area contributed by atoms with Crippen LogP contribution in [0.4, 0.5) is 0 Å². The second kappa shape index (κ2) is 4.47. The Morgan fingerprint density at radius 1 is 1.32 bits per heavy atom. The van der Waals surface area contributed by atoms with Gasteiger partial charge in [0.1, 0.15) is 4.83 Å². The van der Waals surface area contributed by atoms with E-state index in [1.54, 1.807) is 7.05 Å². The van der Waals surface area contributed by atoms with Crippen molar-refractivity contribution >= 4 is 33.2 Å². The minimum Gasteiger partial charge on any atom is -0.286 e. The van der Waals surface area contributed by atoms with E-state index in [2.05, 4.69) is 4.98 Å². The van der Waals surface area contributed by atoms with Gasteiger partial charge in [0.15, 0.2) is 0 Å². The van der Waals surface area contributed by atoms with Crippen molar-refractivity contribution in [1.29, 1.82) is 0 Å². The summed E-state index contributed by atoms with van der Waals surface area (Å²) in [4.78, 5) is 17.0. The number of hydrogen-bond acceptors (Lipinski definition) is 3. The highest BCUT2D eigenvalue weighted by Gasteiger charge is 2.14. The lowest BCUT2D eigenvalue weighted by molar-refractivity contribution is 0.862. The third-order valence-electron chi connectivity index (χ3n) is 3.14. The Morgan fingerprint density at radius 3 is 2.79 bits per heavy atom. The van der Waals surface area contributed by atoms with Gasteiger partial charge in [-0.25, -0.2) is 4.79 Å². The van der Waals surface area contributed by atoms with Gasteiger partial charge in [0.05, 0.1) is 10.0 Å². The molecule has 0 amide bonds. The van der Waals surface area contributed by atoms with Gasteiger partial charge in [0.2, 0.25) is 0 Å². The monoisotopic (exact) mass is 290 g/mol. The maximum Gasteiger partial charge on any atom is 0.348 e. The molecule has 96 valence electrons. The van der Waals surface area contributed by atoms with Gasteiger partial charge in [0, 0.05) is 18.0 Å². The van der Waals surface area contributed by atoms with Crippen LogP contribution in [0.2, 0.25) is 4.34 Å². The minimum absolute atomic E-state index is 0.260. The van der Waals surface area contributed by atoms with Gasteiger partial charge in [-0.15, -0.1) is 11.3 Å². The van der Waals surface area contributed by atoms with E-state index in [9.17, 15) is 4.79 Å². The van der Waals surface area contributed by atoms with Crippen molar-refractivity contribution in [2.45, 2.75) is 6.92 Å². The fraction of sp³-hybridized carbons (Fsp3) is 0.143. The van der Waals surface area contributed by atoms with Crippen molar-refractivity contribution in [3.8, 4) is 11.3 Å². The molecule has 2 heterocycles. The van der Waals surface area contributed by atoms with Gasteiger partial charge >= 0.3 is 5.69 Å². The molecule has 0 unspecified atom stereocenters. The number of benzene rings is 1. The Hall–Kier alpha value is -1.65. The first-order chi connectivity index (χ1) is 9.08. The van der Waals surface area contributed by atoms with Crippen LogP contribution in [-0.2, 0) is 7.05 Å². The molecule has 0 spiro atoms. The van der Waals surface area contributed by atoms with Gasteiger partial charge in [-0.2, -0.15) is 4.98 Å². The molecule has 0 fully saturated rings. The second-order valence-electron chi connectivity index (χ2n) is 4.39. The largest absolute Gasteiger partial charge is 0.348 e. The van der Waals surface area contributed by atoms with Crippen LogP contribution < -0.4 is 5.69 Å². The molecule has 0 aliphatic heterocycles. The van der Waals surface area contributed by atoms with Crippen molar-refractivity contribution in [2.75, 3.05) is 0 Å². The highest BCUT2D eigenvalue weighted by molar-refractivity contribution is 7.22. The molecule has 19 heavy (non-hydrogen) atoms. The van der Waals surface area contributed by atoms with Crippen LogP contribution in [0.15, 0.2) is 35.1 Å². The molecule has 3 rings (SSSR count). The van der Waals surface area contributed by atoms with E-state index < -0.39 is 0 Å². The number of aromatic nitrogens is 2.